The Labute approximate surface area is 138 Å². The van der Waals surface area contributed by atoms with Crippen molar-refractivity contribution in [3.05, 3.63) is 52.3 Å². The second-order valence-corrected chi connectivity index (χ2v) is 8.34. The average Bonchev–Trinajstić information content (AvgIpc) is 2.94. The van der Waals surface area contributed by atoms with Gasteiger partial charge in [0.15, 0.2) is 0 Å². The number of hydrogen-bond acceptors (Lipinski definition) is 2. The summed E-state index contributed by atoms with van der Waals surface area (Å²) in [6, 6.07) is 5.90. The zero-order valence-corrected chi connectivity index (χ0v) is 15.2. The smallest absolute Gasteiger partial charge is 0.244 e. The standard InChI is InChI=1S/C18H24N2O2S/c1-12-11-13(2)15(4)18(14(12)3)23(21,22)20-10-9-19-8-6-7-17(19)16(20)5/h6-8,11,16H,9-10H2,1-5H3/t16-/m1/s1. The molecule has 0 unspecified atom stereocenters. The van der Waals surface area contributed by atoms with Crippen molar-refractivity contribution in [2.75, 3.05) is 6.54 Å². The van der Waals surface area contributed by atoms with Crippen LogP contribution in [0.4, 0.5) is 0 Å². The van der Waals surface area contributed by atoms with E-state index in [1.54, 1.807) is 4.31 Å². The van der Waals surface area contributed by atoms with Crippen LogP contribution in [0.2, 0.25) is 0 Å². The molecule has 2 aromatic rings. The predicted molar refractivity (Wildman–Crippen MR) is 92.1 cm³/mol. The number of rotatable bonds is 2. The topological polar surface area (TPSA) is 42.3 Å². The molecule has 0 saturated carbocycles. The first kappa shape index (κ1) is 16.3. The van der Waals surface area contributed by atoms with E-state index in [1.165, 1.54) is 0 Å². The second kappa shape index (κ2) is 5.49. The fourth-order valence-electron chi connectivity index (χ4n) is 3.57. The summed E-state index contributed by atoms with van der Waals surface area (Å²) in [6.45, 7) is 11.0. The molecular weight excluding hydrogens is 308 g/mol. The lowest BCUT2D eigenvalue weighted by Crippen LogP contribution is -2.41. The normalized spacial score (nSPS) is 18.9. The van der Waals surface area contributed by atoms with Crippen LogP contribution in [0.3, 0.4) is 0 Å². The van der Waals surface area contributed by atoms with Crippen molar-refractivity contribution >= 4 is 10.0 Å². The molecule has 0 spiro atoms. The molecule has 3 rings (SSSR count). The number of fused-ring (bicyclic) bond motifs is 1. The van der Waals surface area contributed by atoms with Crippen LogP contribution in [-0.4, -0.2) is 23.8 Å². The van der Waals surface area contributed by atoms with Gasteiger partial charge in [0.25, 0.3) is 0 Å². The fourth-order valence-corrected chi connectivity index (χ4v) is 5.75. The van der Waals surface area contributed by atoms with Gasteiger partial charge in [-0.05, 0) is 69.0 Å². The first-order valence-electron chi connectivity index (χ1n) is 7.99. The first-order chi connectivity index (χ1) is 10.7. The molecule has 1 aliphatic heterocycles. The zero-order valence-electron chi connectivity index (χ0n) is 14.4. The van der Waals surface area contributed by atoms with E-state index in [0.717, 1.165) is 27.9 Å². The van der Waals surface area contributed by atoms with E-state index in [0.29, 0.717) is 18.0 Å². The maximum Gasteiger partial charge on any atom is 0.244 e. The van der Waals surface area contributed by atoms with Gasteiger partial charge in [-0.3, -0.25) is 0 Å². The van der Waals surface area contributed by atoms with Gasteiger partial charge < -0.3 is 4.57 Å². The van der Waals surface area contributed by atoms with Gasteiger partial charge >= 0.3 is 0 Å². The third-order valence-corrected chi connectivity index (χ3v) is 7.39. The van der Waals surface area contributed by atoms with Gasteiger partial charge in [0, 0.05) is 25.0 Å². The van der Waals surface area contributed by atoms with Crippen molar-refractivity contribution in [3.63, 3.8) is 0 Å². The SMILES string of the molecule is Cc1cc(C)c(C)c(S(=O)(=O)N2CCn3cccc3[C@H]2C)c1C. The minimum Gasteiger partial charge on any atom is -0.349 e. The Morgan fingerprint density at radius 1 is 1.04 bits per heavy atom. The van der Waals surface area contributed by atoms with Crippen molar-refractivity contribution in [2.45, 2.75) is 52.1 Å². The Kier molecular flexibility index (Phi) is 3.89. The minimum absolute atomic E-state index is 0.150. The van der Waals surface area contributed by atoms with E-state index >= 15 is 0 Å². The minimum atomic E-state index is -3.52. The largest absolute Gasteiger partial charge is 0.349 e. The van der Waals surface area contributed by atoms with E-state index in [2.05, 4.69) is 10.6 Å². The van der Waals surface area contributed by atoms with Crippen LogP contribution < -0.4 is 0 Å². The molecule has 23 heavy (non-hydrogen) atoms. The fraction of sp³-hybridized carbons (Fsp3) is 0.444. The van der Waals surface area contributed by atoms with Crippen LogP contribution in [0.15, 0.2) is 29.3 Å². The highest BCUT2D eigenvalue weighted by atomic mass is 32.2. The number of hydrogen-bond donors (Lipinski definition) is 0. The van der Waals surface area contributed by atoms with Gasteiger partial charge in [0.1, 0.15) is 0 Å². The number of aromatic nitrogens is 1. The lowest BCUT2D eigenvalue weighted by Gasteiger charge is -2.35. The molecule has 0 N–H and O–H groups in total. The summed E-state index contributed by atoms with van der Waals surface area (Å²) in [5.74, 6) is 0. The molecule has 5 heteroatoms. The Bertz CT molecular complexity index is 839. The molecule has 1 atom stereocenters. The van der Waals surface area contributed by atoms with Gasteiger partial charge in [-0.15, -0.1) is 0 Å². The van der Waals surface area contributed by atoms with Gasteiger partial charge in [-0.25, -0.2) is 8.42 Å². The Hall–Kier alpha value is -1.59. The summed E-state index contributed by atoms with van der Waals surface area (Å²) in [4.78, 5) is 0.488. The summed E-state index contributed by atoms with van der Waals surface area (Å²) < 4.78 is 30.6. The van der Waals surface area contributed by atoms with Gasteiger partial charge in [0.2, 0.25) is 10.0 Å². The van der Waals surface area contributed by atoms with Gasteiger partial charge in [-0.1, -0.05) is 6.07 Å². The second-order valence-electron chi connectivity index (χ2n) is 6.51. The van der Waals surface area contributed by atoms with Gasteiger partial charge in [0.05, 0.1) is 10.9 Å². The molecule has 1 aromatic heterocycles. The Morgan fingerprint density at radius 3 is 2.26 bits per heavy atom. The van der Waals surface area contributed by atoms with Crippen LogP contribution in [0, 0.1) is 27.7 Å². The average molecular weight is 332 g/mol. The maximum absolute atomic E-state index is 13.4. The lowest BCUT2D eigenvalue weighted by atomic mass is 10.0. The van der Waals surface area contributed by atoms with Crippen LogP contribution in [0.25, 0.3) is 0 Å². The number of nitrogens with zero attached hydrogens (tertiary/aromatic N) is 2. The van der Waals surface area contributed by atoms with E-state index in [4.69, 9.17) is 0 Å². The highest BCUT2D eigenvalue weighted by Crippen LogP contribution is 2.35. The van der Waals surface area contributed by atoms with Crippen molar-refractivity contribution in [3.8, 4) is 0 Å². The summed E-state index contributed by atoms with van der Waals surface area (Å²) in [5, 5.41) is 0. The van der Waals surface area contributed by atoms with Crippen LogP contribution >= 0.6 is 0 Å². The quantitative estimate of drug-likeness (QED) is 0.845. The van der Waals surface area contributed by atoms with E-state index in [9.17, 15) is 8.42 Å². The number of sulfonamides is 1. The summed E-state index contributed by atoms with van der Waals surface area (Å²) in [5.41, 5.74) is 4.83. The highest BCUT2D eigenvalue weighted by Gasteiger charge is 2.36. The third kappa shape index (κ3) is 2.42. The van der Waals surface area contributed by atoms with Gasteiger partial charge in [-0.2, -0.15) is 4.31 Å². The highest BCUT2D eigenvalue weighted by molar-refractivity contribution is 7.89. The maximum atomic E-state index is 13.4. The van der Waals surface area contributed by atoms with E-state index in [-0.39, 0.29) is 6.04 Å². The van der Waals surface area contributed by atoms with Crippen molar-refractivity contribution in [2.24, 2.45) is 0 Å². The molecule has 124 valence electrons. The van der Waals surface area contributed by atoms with Crippen molar-refractivity contribution < 1.29 is 8.42 Å². The van der Waals surface area contributed by atoms with Crippen molar-refractivity contribution in [1.82, 2.24) is 8.87 Å². The molecule has 0 fully saturated rings. The molecule has 1 aromatic carbocycles. The number of aryl methyl sites for hydroxylation is 2. The van der Waals surface area contributed by atoms with E-state index in [1.807, 2.05) is 52.9 Å². The summed E-state index contributed by atoms with van der Waals surface area (Å²) in [6.07, 6.45) is 2.02. The molecular formula is C18H24N2O2S. The third-order valence-electron chi connectivity index (χ3n) is 5.15. The lowest BCUT2D eigenvalue weighted by molar-refractivity contribution is 0.282. The Balaban J connectivity index is 2.14. The molecule has 4 nitrogen and oxygen atoms in total. The molecule has 0 bridgehead atoms. The van der Waals surface area contributed by atoms with E-state index < -0.39 is 10.0 Å². The molecule has 0 radical (unpaired) electrons. The van der Waals surface area contributed by atoms with Crippen LogP contribution in [0.5, 0.6) is 0 Å². The monoisotopic (exact) mass is 332 g/mol. The van der Waals surface area contributed by atoms with Crippen LogP contribution in [-0.2, 0) is 16.6 Å². The Morgan fingerprint density at radius 2 is 1.65 bits per heavy atom. The summed E-state index contributed by atoms with van der Waals surface area (Å²) in [7, 11) is -3.52. The summed E-state index contributed by atoms with van der Waals surface area (Å²) >= 11 is 0. The van der Waals surface area contributed by atoms with Crippen LogP contribution in [0.1, 0.15) is 40.9 Å². The molecule has 2 heterocycles. The van der Waals surface area contributed by atoms with Crippen molar-refractivity contribution in [1.29, 1.82) is 0 Å². The molecule has 1 aliphatic rings. The predicted octanol–water partition coefficient (Wildman–Crippen LogP) is 3.49. The first-order valence-corrected chi connectivity index (χ1v) is 9.43. The molecule has 0 aliphatic carbocycles. The molecule has 0 amide bonds. The number of benzene rings is 1. The zero-order chi connectivity index (χ0) is 16.9. The molecule has 0 saturated heterocycles.